The molecular weight excluding hydrogens is 613 g/mol. The van der Waals surface area contributed by atoms with Crippen molar-refractivity contribution < 1.29 is 23.4 Å². The van der Waals surface area contributed by atoms with Crippen LogP contribution in [0, 0.1) is 3.57 Å². The van der Waals surface area contributed by atoms with Crippen LogP contribution in [0.4, 0.5) is 0 Å². The molecule has 10 heteroatoms. The van der Waals surface area contributed by atoms with E-state index in [1.807, 2.05) is 49.4 Å². The largest absolute Gasteiger partial charge is 0.490 e. The summed E-state index contributed by atoms with van der Waals surface area (Å²) in [5.41, 5.74) is 1.53. The van der Waals surface area contributed by atoms with E-state index in [-0.39, 0.29) is 11.4 Å². The molecule has 0 N–H and O–H groups in total. The molecule has 198 valence electrons. The number of para-hydroxylation sites is 2. The number of carbonyl (C=O) groups excluding carboxylic acids is 1. The zero-order valence-corrected chi connectivity index (χ0v) is 23.5. The number of carbonyl (C=O) groups is 1. The van der Waals surface area contributed by atoms with Crippen LogP contribution in [0.25, 0.3) is 33.5 Å². The zero-order valence-electron chi connectivity index (χ0n) is 21.4. The van der Waals surface area contributed by atoms with Crippen LogP contribution in [0.1, 0.15) is 19.4 Å². The third-order valence-corrected chi connectivity index (χ3v) is 6.68. The number of benzene rings is 3. The minimum atomic E-state index is -0.823. The van der Waals surface area contributed by atoms with Gasteiger partial charge in [-0.3, -0.25) is 4.79 Å². The number of hydrogen-bond acceptors (Lipinski definition) is 8. The number of ether oxygens (including phenoxy) is 3. The first kappa shape index (κ1) is 26.4. The molecule has 0 saturated heterocycles. The van der Waals surface area contributed by atoms with Crippen molar-refractivity contribution in [2.24, 2.45) is 5.10 Å². The van der Waals surface area contributed by atoms with Gasteiger partial charge >= 0.3 is 5.97 Å². The molecule has 9 nitrogen and oxygen atoms in total. The first-order chi connectivity index (χ1) is 18.9. The highest BCUT2D eigenvalue weighted by atomic mass is 127. The smallest absolute Gasteiger partial charge is 0.346 e. The number of methoxy groups -OCH3 is 1. The molecule has 0 spiro atoms. The second-order valence-electron chi connectivity index (χ2n) is 8.51. The van der Waals surface area contributed by atoms with Gasteiger partial charge in [0.1, 0.15) is 5.58 Å². The van der Waals surface area contributed by atoms with Crippen molar-refractivity contribution in [3.8, 4) is 23.1 Å². The monoisotopic (exact) mass is 637 g/mol. The van der Waals surface area contributed by atoms with E-state index in [1.165, 1.54) is 11.8 Å². The summed E-state index contributed by atoms with van der Waals surface area (Å²) in [5.74, 6) is 1.04. The predicted octanol–water partition coefficient (Wildman–Crippen LogP) is 5.64. The highest BCUT2D eigenvalue weighted by molar-refractivity contribution is 14.1. The van der Waals surface area contributed by atoms with Gasteiger partial charge in [0, 0.05) is 5.39 Å². The van der Waals surface area contributed by atoms with E-state index in [1.54, 1.807) is 37.4 Å². The van der Waals surface area contributed by atoms with Gasteiger partial charge in [-0.1, -0.05) is 30.3 Å². The molecule has 5 rings (SSSR count). The summed E-state index contributed by atoms with van der Waals surface area (Å²) >= 11 is 2.10. The van der Waals surface area contributed by atoms with Gasteiger partial charge in [0.25, 0.3) is 5.56 Å². The minimum absolute atomic E-state index is 0.276. The summed E-state index contributed by atoms with van der Waals surface area (Å²) in [6, 6.07) is 20.1. The van der Waals surface area contributed by atoms with Gasteiger partial charge in [0.15, 0.2) is 23.4 Å². The van der Waals surface area contributed by atoms with Gasteiger partial charge in [0.2, 0.25) is 5.82 Å². The Bertz CT molecular complexity index is 1740. The molecule has 0 amide bonds. The van der Waals surface area contributed by atoms with E-state index in [0.29, 0.717) is 49.5 Å². The SMILES string of the molecule is CCOc1cc(C=Nn2c(-c3cc4ccccc4o3)nc3ccccc3c2=O)cc(I)c1O[C@@H](C)C(=O)OC. The Morgan fingerprint density at radius 1 is 1.15 bits per heavy atom. The van der Waals surface area contributed by atoms with Crippen molar-refractivity contribution >= 4 is 56.6 Å². The lowest BCUT2D eigenvalue weighted by Crippen LogP contribution is -2.25. The van der Waals surface area contributed by atoms with Gasteiger partial charge in [0.05, 0.1) is 34.4 Å². The van der Waals surface area contributed by atoms with Gasteiger partial charge in [-0.15, -0.1) is 0 Å². The Morgan fingerprint density at radius 2 is 1.92 bits per heavy atom. The Balaban J connectivity index is 1.61. The molecular formula is C29H24IN3O6. The van der Waals surface area contributed by atoms with Crippen molar-refractivity contribution in [3.63, 3.8) is 0 Å². The Morgan fingerprint density at radius 3 is 2.69 bits per heavy atom. The topological polar surface area (TPSA) is 105 Å². The second kappa shape index (κ2) is 11.3. The molecule has 0 saturated carbocycles. The number of rotatable bonds is 8. The molecule has 39 heavy (non-hydrogen) atoms. The van der Waals surface area contributed by atoms with E-state index < -0.39 is 12.1 Å². The molecule has 0 aliphatic heterocycles. The Kier molecular flexibility index (Phi) is 7.64. The fraction of sp³-hybridized carbons (Fsp3) is 0.172. The lowest BCUT2D eigenvalue weighted by molar-refractivity contribution is -0.148. The Labute approximate surface area is 237 Å². The molecule has 0 bridgehead atoms. The summed E-state index contributed by atoms with van der Waals surface area (Å²) < 4.78 is 24.4. The van der Waals surface area contributed by atoms with Crippen molar-refractivity contribution in [2.75, 3.05) is 13.7 Å². The average molecular weight is 637 g/mol. The summed E-state index contributed by atoms with van der Waals surface area (Å²) in [6.07, 6.45) is 0.721. The zero-order chi connectivity index (χ0) is 27.5. The predicted molar refractivity (Wildman–Crippen MR) is 157 cm³/mol. The van der Waals surface area contributed by atoms with Crippen LogP contribution < -0.4 is 15.0 Å². The number of esters is 1. The van der Waals surface area contributed by atoms with Gasteiger partial charge in [-0.25, -0.2) is 9.78 Å². The summed E-state index contributed by atoms with van der Waals surface area (Å²) in [7, 11) is 1.30. The highest BCUT2D eigenvalue weighted by Gasteiger charge is 2.21. The fourth-order valence-electron chi connectivity index (χ4n) is 4.04. The molecule has 0 unspecified atom stereocenters. The maximum atomic E-state index is 13.5. The quantitative estimate of drug-likeness (QED) is 0.123. The van der Waals surface area contributed by atoms with Crippen molar-refractivity contribution in [1.82, 2.24) is 9.66 Å². The molecule has 0 fully saturated rings. The second-order valence-corrected chi connectivity index (χ2v) is 9.67. The molecule has 0 aliphatic carbocycles. The fourth-order valence-corrected chi connectivity index (χ4v) is 4.79. The number of halogens is 1. The first-order valence-electron chi connectivity index (χ1n) is 12.2. The average Bonchev–Trinajstić information content (AvgIpc) is 3.38. The maximum absolute atomic E-state index is 13.5. The Hall–Kier alpha value is -4.19. The van der Waals surface area contributed by atoms with Crippen LogP contribution in [0.2, 0.25) is 0 Å². The van der Waals surface area contributed by atoms with Gasteiger partial charge in [-0.2, -0.15) is 9.78 Å². The van der Waals surface area contributed by atoms with Crippen LogP contribution >= 0.6 is 22.6 Å². The van der Waals surface area contributed by atoms with Crippen LogP contribution in [0.3, 0.4) is 0 Å². The van der Waals surface area contributed by atoms with Gasteiger partial charge in [-0.05, 0) is 78.4 Å². The summed E-state index contributed by atoms with van der Waals surface area (Å²) in [5, 5.41) is 5.85. The van der Waals surface area contributed by atoms with E-state index >= 15 is 0 Å². The summed E-state index contributed by atoms with van der Waals surface area (Å²) in [6.45, 7) is 3.83. The summed E-state index contributed by atoms with van der Waals surface area (Å²) in [4.78, 5) is 30.2. The van der Waals surface area contributed by atoms with Crippen LogP contribution in [-0.2, 0) is 9.53 Å². The minimum Gasteiger partial charge on any atom is -0.490 e. The molecule has 3 aromatic carbocycles. The van der Waals surface area contributed by atoms with E-state index in [4.69, 9.17) is 23.6 Å². The molecule has 2 heterocycles. The first-order valence-corrected chi connectivity index (χ1v) is 13.2. The van der Waals surface area contributed by atoms with Crippen LogP contribution in [-0.4, -0.2) is 41.7 Å². The number of nitrogens with zero attached hydrogens (tertiary/aromatic N) is 3. The molecule has 0 aliphatic rings. The molecule has 5 aromatic rings. The lowest BCUT2D eigenvalue weighted by Gasteiger charge is -2.17. The lowest BCUT2D eigenvalue weighted by atomic mass is 10.2. The molecule has 0 radical (unpaired) electrons. The number of furan rings is 1. The van der Waals surface area contributed by atoms with E-state index in [2.05, 4.69) is 27.7 Å². The van der Waals surface area contributed by atoms with Crippen LogP contribution in [0.5, 0.6) is 11.5 Å². The number of hydrogen-bond donors (Lipinski definition) is 0. The third kappa shape index (κ3) is 5.37. The van der Waals surface area contributed by atoms with E-state index in [0.717, 1.165) is 5.39 Å². The van der Waals surface area contributed by atoms with Crippen molar-refractivity contribution in [3.05, 3.63) is 86.2 Å². The highest BCUT2D eigenvalue weighted by Crippen LogP contribution is 2.35. The van der Waals surface area contributed by atoms with Crippen molar-refractivity contribution in [1.29, 1.82) is 0 Å². The molecule has 1 atom stereocenters. The number of fused-ring (bicyclic) bond motifs is 2. The van der Waals surface area contributed by atoms with Gasteiger partial charge < -0.3 is 18.6 Å². The van der Waals surface area contributed by atoms with Crippen LogP contribution in [0.15, 0.2) is 81.0 Å². The standard InChI is InChI=1S/C29H24IN3O6/c1-4-37-24-14-18(13-21(30)26(24)38-17(2)29(35)36-3)16-31-33-27(25-15-19-9-5-8-12-23(19)39-25)32-22-11-7-6-10-20(22)28(33)34/h5-17H,4H2,1-3H3/t17-/m0/s1. The molecule has 2 aromatic heterocycles. The third-order valence-electron chi connectivity index (χ3n) is 5.88. The maximum Gasteiger partial charge on any atom is 0.346 e. The normalized spacial score (nSPS) is 12.2. The van der Waals surface area contributed by atoms with E-state index in [9.17, 15) is 9.59 Å². The number of aromatic nitrogens is 2. The van der Waals surface area contributed by atoms with Crippen molar-refractivity contribution in [2.45, 2.75) is 20.0 Å².